The molecule has 116 valence electrons. The van der Waals surface area contributed by atoms with Crippen LogP contribution in [0.5, 0.6) is 5.75 Å². The second kappa shape index (κ2) is 7.26. The molecule has 22 heavy (non-hydrogen) atoms. The lowest BCUT2D eigenvalue weighted by Gasteiger charge is -2.08. The van der Waals surface area contributed by atoms with E-state index in [0.717, 1.165) is 0 Å². The van der Waals surface area contributed by atoms with Crippen LogP contribution in [0.4, 0.5) is 5.82 Å². The lowest BCUT2D eigenvalue weighted by molar-refractivity contribution is -0.146. The highest BCUT2D eigenvalue weighted by molar-refractivity contribution is 5.92. The van der Waals surface area contributed by atoms with Crippen molar-refractivity contribution in [2.75, 3.05) is 19.0 Å². The Bertz CT molecular complexity index is 665. The Labute approximate surface area is 127 Å². The van der Waals surface area contributed by atoms with Crippen molar-refractivity contribution in [1.29, 1.82) is 0 Å². The van der Waals surface area contributed by atoms with Crippen molar-refractivity contribution in [3.63, 3.8) is 0 Å². The van der Waals surface area contributed by atoms with Gasteiger partial charge in [0.05, 0.1) is 13.5 Å². The number of rotatable bonds is 6. The van der Waals surface area contributed by atoms with E-state index in [0.29, 0.717) is 17.1 Å². The molecule has 0 saturated carbocycles. The number of nitrogens with zero attached hydrogens (tertiary/aromatic N) is 1. The molecule has 0 bridgehead atoms. The molecule has 1 heterocycles. The van der Waals surface area contributed by atoms with E-state index in [1.165, 1.54) is 7.11 Å². The van der Waals surface area contributed by atoms with Gasteiger partial charge in [0.15, 0.2) is 12.4 Å². The molecule has 0 atom stereocenters. The number of benzene rings is 1. The Morgan fingerprint density at radius 2 is 2.09 bits per heavy atom. The van der Waals surface area contributed by atoms with E-state index in [-0.39, 0.29) is 18.8 Å². The van der Waals surface area contributed by atoms with Gasteiger partial charge in [0.2, 0.25) is 0 Å². The third-order valence-electron chi connectivity index (χ3n) is 2.79. The van der Waals surface area contributed by atoms with E-state index in [1.54, 1.807) is 37.3 Å². The Kier molecular flexibility index (Phi) is 5.13. The van der Waals surface area contributed by atoms with Gasteiger partial charge in [0.25, 0.3) is 5.91 Å². The highest BCUT2D eigenvalue weighted by atomic mass is 16.5. The molecule has 2 aromatic rings. The average molecular weight is 304 g/mol. The van der Waals surface area contributed by atoms with E-state index in [9.17, 15) is 9.59 Å². The van der Waals surface area contributed by atoms with Crippen LogP contribution in [-0.2, 0) is 20.7 Å². The van der Waals surface area contributed by atoms with Crippen LogP contribution in [0, 0.1) is 6.92 Å². The fourth-order valence-electron chi connectivity index (χ4n) is 1.81. The zero-order chi connectivity index (χ0) is 15.9. The molecule has 1 N–H and O–H groups in total. The van der Waals surface area contributed by atoms with Crippen LogP contribution >= 0.6 is 0 Å². The zero-order valence-corrected chi connectivity index (χ0v) is 12.3. The number of amides is 1. The lowest BCUT2D eigenvalue weighted by Crippen LogP contribution is -2.21. The van der Waals surface area contributed by atoms with Crippen molar-refractivity contribution in [3.05, 3.63) is 41.7 Å². The summed E-state index contributed by atoms with van der Waals surface area (Å²) in [5.41, 5.74) is 0.697. The van der Waals surface area contributed by atoms with E-state index in [4.69, 9.17) is 14.0 Å². The summed E-state index contributed by atoms with van der Waals surface area (Å²) < 4.78 is 14.9. The summed E-state index contributed by atoms with van der Waals surface area (Å²) in [5, 5.41) is 6.07. The number of ether oxygens (including phenoxy) is 2. The molecule has 0 radical (unpaired) electrons. The molecule has 7 heteroatoms. The Hall–Kier alpha value is -2.83. The van der Waals surface area contributed by atoms with Gasteiger partial charge in [-0.15, -0.1) is 0 Å². The number of carbonyl (C=O) groups excluding carboxylic acids is 2. The van der Waals surface area contributed by atoms with Crippen LogP contribution < -0.4 is 10.1 Å². The van der Waals surface area contributed by atoms with E-state index in [2.05, 4.69) is 10.5 Å². The summed E-state index contributed by atoms with van der Waals surface area (Å²) in [7, 11) is 1.53. The maximum Gasteiger partial charge on any atom is 0.310 e. The first-order valence-corrected chi connectivity index (χ1v) is 6.59. The Morgan fingerprint density at radius 3 is 2.77 bits per heavy atom. The van der Waals surface area contributed by atoms with Crippen molar-refractivity contribution >= 4 is 17.7 Å². The van der Waals surface area contributed by atoms with Crippen LogP contribution in [0.3, 0.4) is 0 Å². The molecule has 0 spiro atoms. The molecule has 7 nitrogen and oxygen atoms in total. The first-order chi connectivity index (χ1) is 10.6. The third-order valence-corrected chi connectivity index (χ3v) is 2.79. The summed E-state index contributed by atoms with van der Waals surface area (Å²) in [6.07, 6.45) is 0.0281. The monoisotopic (exact) mass is 304 g/mol. The van der Waals surface area contributed by atoms with E-state index >= 15 is 0 Å². The average Bonchev–Trinajstić information content (AvgIpc) is 2.91. The van der Waals surface area contributed by atoms with Crippen LogP contribution in [-0.4, -0.2) is 30.7 Å². The number of aryl methyl sites for hydroxylation is 1. The molecule has 1 aromatic heterocycles. The van der Waals surface area contributed by atoms with Crippen LogP contribution in [0.2, 0.25) is 0 Å². The SMILES string of the molecule is COc1ccccc1CC(=O)OCC(=O)Nc1cc(C)on1. The fraction of sp³-hybridized carbons (Fsp3) is 0.267. The standard InChI is InChI=1S/C15H16N2O5/c1-10-7-13(17-22-10)16-14(18)9-21-15(19)8-11-5-3-4-6-12(11)20-2/h3-7H,8-9H2,1-2H3,(H,16,17,18). The van der Waals surface area contributed by atoms with Crippen molar-refractivity contribution in [2.45, 2.75) is 13.3 Å². The lowest BCUT2D eigenvalue weighted by atomic mass is 10.1. The Balaban J connectivity index is 1.81. The molecule has 0 aliphatic carbocycles. The number of aromatic nitrogens is 1. The minimum Gasteiger partial charge on any atom is -0.496 e. The molecule has 1 aromatic carbocycles. The minimum atomic E-state index is -0.518. The molecule has 1 amide bonds. The molecule has 2 rings (SSSR count). The highest BCUT2D eigenvalue weighted by Crippen LogP contribution is 2.18. The van der Waals surface area contributed by atoms with Gasteiger partial charge in [-0.1, -0.05) is 23.4 Å². The topological polar surface area (TPSA) is 90.7 Å². The van der Waals surface area contributed by atoms with Gasteiger partial charge >= 0.3 is 5.97 Å². The summed E-state index contributed by atoms with van der Waals surface area (Å²) in [6, 6.07) is 8.68. The number of para-hydroxylation sites is 1. The van der Waals surface area contributed by atoms with Crippen LogP contribution in [0.25, 0.3) is 0 Å². The molecule has 0 aliphatic heterocycles. The quantitative estimate of drug-likeness (QED) is 0.817. The largest absolute Gasteiger partial charge is 0.496 e. The van der Waals surface area contributed by atoms with Gasteiger partial charge in [-0.2, -0.15) is 0 Å². The molecule has 0 fully saturated rings. The second-order valence-electron chi connectivity index (χ2n) is 4.52. The predicted octanol–water partition coefficient (Wildman–Crippen LogP) is 1.72. The second-order valence-corrected chi connectivity index (χ2v) is 4.52. The third kappa shape index (κ3) is 4.34. The molecule has 0 aliphatic rings. The number of esters is 1. The van der Waals surface area contributed by atoms with Crippen molar-refractivity contribution in [1.82, 2.24) is 5.16 Å². The van der Waals surface area contributed by atoms with Gasteiger partial charge in [0, 0.05) is 11.6 Å². The maximum absolute atomic E-state index is 11.7. The van der Waals surface area contributed by atoms with Crippen molar-refractivity contribution < 1.29 is 23.6 Å². The van der Waals surface area contributed by atoms with Crippen molar-refractivity contribution in [2.24, 2.45) is 0 Å². The number of nitrogens with one attached hydrogen (secondary N) is 1. The highest BCUT2D eigenvalue weighted by Gasteiger charge is 2.12. The number of hydrogen-bond acceptors (Lipinski definition) is 6. The molecular formula is C15H16N2O5. The number of carbonyl (C=O) groups is 2. The summed E-state index contributed by atoms with van der Waals surface area (Å²) in [6.45, 7) is 1.32. The summed E-state index contributed by atoms with van der Waals surface area (Å²) >= 11 is 0. The number of anilines is 1. The van der Waals surface area contributed by atoms with Gasteiger partial charge < -0.3 is 19.3 Å². The van der Waals surface area contributed by atoms with Gasteiger partial charge in [-0.25, -0.2) is 0 Å². The van der Waals surface area contributed by atoms with Crippen molar-refractivity contribution in [3.8, 4) is 5.75 Å². The van der Waals surface area contributed by atoms with Gasteiger partial charge in [0.1, 0.15) is 11.5 Å². The number of methoxy groups -OCH3 is 1. The van der Waals surface area contributed by atoms with Crippen LogP contribution in [0.15, 0.2) is 34.9 Å². The summed E-state index contributed by atoms with van der Waals surface area (Å²) in [4.78, 5) is 23.4. The number of hydrogen-bond donors (Lipinski definition) is 1. The zero-order valence-electron chi connectivity index (χ0n) is 12.3. The van der Waals surface area contributed by atoms with Gasteiger partial charge in [-0.3, -0.25) is 9.59 Å². The van der Waals surface area contributed by atoms with Gasteiger partial charge in [-0.05, 0) is 13.0 Å². The molecular weight excluding hydrogens is 288 g/mol. The fourth-order valence-corrected chi connectivity index (χ4v) is 1.81. The minimum absolute atomic E-state index is 0.0281. The summed E-state index contributed by atoms with van der Waals surface area (Å²) in [5.74, 6) is 0.450. The van der Waals surface area contributed by atoms with E-state index in [1.807, 2.05) is 0 Å². The molecule has 0 unspecified atom stereocenters. The predicted molar refractivity (Wildman–Crippen MR) is 77.5 cm³/mol. The maximum atomic E-state index is 11.7. The first-order valence-electron chi connectivity index (χ1n) is 6.59. The van der Waals surface area contributed by atoms with Crippen LogP contribution in [0.1, 0.15) is 11.3 Å². The normalized spacial score (nSPS) is 10.1. The smallest absolute Gasteiger partial charge is 0.310 e. The Morgan fingerprint density at radius 1 is 1.32 bits per heavy atom. The molecule has 0 saturated heterocycles. The first kappa shape index (κ1) is 15.6. The van der Waals surface area contributed by atoms with E-state index < -0.39 is 11.9 Å².